The van der Waals surface area contributed by atoms with Crippen LogP contribution in [0.5, 0.6) is 0 Å². The summed E-state index contributed by atoms with van der Waals surface area (Å²) in [4.78, 5) is 24.3. The van der Waals surface area contributed by atoms with Crippen molar-refractivity contribution >= 4 is 28.8 Å². The number of ether oxygens (including phenoxy) is 2. The van der Waals surface area contributed by atoms with Crippen LogP contribution in [0, 0.1) is 0 Å². The van der Waals surface area contributed by atoms with Crippen LogP contribution >= 0.6 is 0 Å². The normalized spacial score (nSPS) is 12.1. The number of amides is 1. The number of aromatic nitrogens is 1. The second kappa shape index (κ2) is 6.19. The molecule has 2 aromatic rings. The molecule has 0 saturated carbocycles. The predicted octanol–water partition coefficient (Wildman–Crippen LogP) is 4.77. The van der Waals surface area contributed by atoms with Crippen molar-refractivity contribution in [1.29, 1.82) is 0 Å². The van der Waals surface area contributed by atoms with Crippen molar-refractivity contribution in [3.63, 3.8) is 0 Å². The van der Waals surface area contributed by atoms with E-state index in [1.165, 1.54) is 4.57 Å². The van der Waals surface area contributed by atoms with E-state index in [2.05, 4.69) is 5.32 Å². The van der Waals surface area contributed by atoms with E-state index in [-0.39, 0.29) is 0 Å². The number of hydrogen-bond donors (Lipinski definition) is 1. The molecule has 0 saturated heterocycles. The van der Waals surface area contributed by atoms with Crippen LogP contribution in [0.15, 0.2) is 30.5 Å². The highest BCUT2D eigenvalue weighted by Crippen LogP contribution is 2.26. The molecule has 0 bridgehead atoms. The van der Waals surface area contributed by atoms with E-state index in [4.69, 9.17) is 9.47 Å². The maximum atomic E-state index is 12.3. The molecule has 0 aliphatic rings. The largest absolute Gasteiger partial charge is 0.444 e. The molecule has 6 heteroatoms. The first-order valence-electron chi connectivity index (χ1n) is 7.80. The number of nitrogens with one attached hydrogen (secondary N) is 1. The lowest BCUT2D eigenvalue weighted by atomic mass is 10.2. The number of benzene rings is 1. The molecule has 0 spiro atoms. The molecular formula is C18H24N2O4. The SMILES string of the molecule is CC(C)(C)OC(=O)Nc1cccc2c1ccn2C(=O)OC(C)(C)C. The van der Waals surface area contributed by atoms with Gasteiger partial charge in [-0.05, 0) is 59.7 Å². The molecule has 0 fully saturated rings. The zero-order chi connectivity index (χ0) is 18.1. The van der Waals surface area contributed by atoms with Crippen LogP contribution in [-0.4, -0.2) is 28.0 Å². The maximum absolute atomic E-state index is 12.3. The Bertz CT molecular complexity index is 763. The Kier molecular flexibility index (Phi) is 4.60. The first kappa shape index (κ1) is 17.8. The third-order valence-corrected chi connectivity index (χ3v) is 2.96. The fraction of sp³-hybridized carbons (Fsp3) is 0.444. The van der Waals surface area contributed by atoms with Gasteiger partial charge in [0.25, 0.3) is 0 Å². The van der Waals surface area contributed by atoms with E-state index >= 15 is 0 Å². The summed E-state index contributed by atoms with van der Waals surface area (Å²) >= 11 is 0. The Labute approximate surface area is 141 Å². The minimum Gasteiger partial charge on any atom is -0.444 e. The van der Waals surface area contributed by atoms with Gasteiger partial charge < -0.3 is 9.47 Å². The average Bonchev–Trinajstić information content (AvgIpc) is 2.79. The quantitative estimate of drug-likeness (QED) is 0.816. The van der Waals surface area contributed by atoms with E-state index in [0.29, 0.717) is 11.2 Å². The van der Waals surface area contributed by atoms with Gasteiger partial charge in [0.05, 0.1) is 11.2 Å². The summed E-state index contributed by atoms with van der Waals surface area (Å²) in [5.74, 6) is 0. The minimum absolute atomic E-state index is 0.466. The molecular weight excluding hydrogens is 308 g/mol. The summed E-state index contributed by atoms with van der Waals surface area (Å²) in [6.07, 6.45) is 0.617. The maximum Gasteiger partial charge on any atom is 0.418 e. The van der Waals surface area contributed by atoms with Gasteiger partial charge in [0.2, 0.25) is 0 Å². The molecule has 0 aliphatic heterocycles. The zero-order valence-electron chi connectivity index (χ0n) is 15.0. The summed E-state index contributed by atoms with van der Waals surface area (Å²) in [6.45, 7) is 10.8. The number of rotatable bonds is 1. The lowest BCUT2D eigenvalue weighted by molar-refractivity contribution is 0.0543. The number of carbonyl (C=O) groups excluding carboxylic acids is 2. The second-order valence-corrected chi connectivity index (χ2v) is 7.53. The molecule has 0 atom stereocenters. The first-order chi connectivity index (χ1) is 11.0. The Morgan fingerprint density at radius 3 is 2.17 bits per heavy atom. The number of nitrogens with zero attached hydrogens (tertiary/aromatic N) is 1. The summed E-state index contributed by atoms with van der Waals surface area (Å²) in [7, 11) is 0. The third kappa shape index (κ3) is 4.50. The molecule has 0 radical (unpaired) electrons. The van der Waals surface area contributed by atoms with E-state index < -0.39 is 23.4 Å². The number of hydrogen-bond acceptors (Lipinski definition) is 4. The van der Waals surface area contributed by atoms with Crippen LogP contribution in [0.2, 0.25) is 0 Å². The van der Waals surface area contributed by atoms with Crippen molar-refractivity contribution in [3.05, 3.63) is 30.5 Å². The highest BCUT2D eigenvalue weighted by atomic mass is 16.6. The molecule has 1 heterocycles. The topological polar surface area (TPSA) is 69.6 Å². The van der Waals surface area contributed by atoms with Crippen molar-refractivity contribution in [3.8, 4) is 0 Å². The molecule has 130 valence electrons. The predicted molar refractivity (Wildman–Crippen MR) is 93.4 cm³/mol. The summed E-state index contributed by atoms with van der Waals surface area (Å²) in [6, 6.07) is 7.06. The van der Waals surface area contributed by atoms with Gasteiger partial charge in [-0.1, -0.05) is 6.07 Å². The summed E-state index contributed by atoms with van der Waals surface area (Å²) in [5.41, 5.74) is 0.0578. The Morgan fingerprint density at radius 2 is 1.58 bits per heavy atom. The molecule has 1 aromatic carbocycles. The average molecular weight is 332 g/mol. The molecule has 1 amide bonds. The zero-order valence-corrected chi connectivity index (χ0v) is 15.0. The van der Waals surface area contributed by atoms with Gasteiger partial charge in [0.15, 0.2) is 0 Å². The second-order valence-electron chi connectivity index (χ2n) is 7.53. The van der Waals surface area contributed by atoms with Crippen LogP contribution < -0.4 is 5.32 Å². The van der Waals surface area contributed by atoms with Gasteiger partial charge >= 0.3 is 12.2 Å². The summed E-state index contributed by atoms with van der Waals surface area (Å²) < 4.78 is 12.1. The molecule has 24 heavy (non-hydrogen) atoms. The molecule has 0 aliphatic carbocycles. The number of carbonyl (C=O) groups is 2. The lowest BCUT2D eigenvalue weighted by Crippen LogP contribution is -2.27. The fourth-order valence-corrected chi connectivity index (χ4v) is 2.16. The van der Waals surface area contributed by atoms with Gasteiger partial charge in [-0.3, -0.25) is 9.88 Å². The highest BCUT2D eigenvalue weighted by Gasteiger charge is 2.21. The van der Waals surface area contributed by atoms with Crippen LogP contribution in [0.3, 0.4) is 0 Å². The molecule has 6 nitrogen and oxygen atoms in total. The van der Waals surface area contributed by atoms with Crippen LogP contribution in [0.4, 0.5) is 15.3 Å². The van der Waals surface area contributed by atoms with Crippen LogP contribution in [0.25, 0.3) is 10.9 Å². The van der Waals surface area contributed by atoms with E-state index in [9.17, 15) is 9.59 Å². The highest BCUT2D eigenvalue weighted by molar-refractivity contribution is 6.01. The summed E-state index contributed by atoms with van der Waals surface area (Å²) in [5, 5.41) is 3.45. The van der Waals surface area contributed by atoms with E-state index in [1.807, 2.05) is 20.8 Å². The Morgan fingerprint density at radius 1 is 0.958 bits per heavy atom. The fourth-order valence-electron chi connectivity index (χ4n) is 2.16. The van der Waals surface area contributed by atoms with Crippen molar-refractivity contribution in [2.45, 2.75) is 52.7 Å². The molecule has 2 rings (SSSR count). The molecule has 1 N–H and O–H groups in total. The van der Waals surface area contributed by atoms with Gasteiger partial charge in [-0.2, -0.15) is 0 Å². The van der Waals surface area contributed by atoms with Gasteiger partial charge in [0.1, 0.15) is 11.2 Å². The van der Waals surface area contributed by atoms with Crippen molar-refractivity contribution in [2.75, 3.05) is 5.32 Å². The van der Waals surface area contributed by atoms with Crippen LogP contribution in [-0.2, 0) is 9.47 Å². The molecule has 1 aromatic heterocycles. The van der Waals surface area contributed by atoms with Crippen molar-refractivity contribution in [1.82, 2.24) is 4.57 Å². The lowest BCUT2D eigenvalue weighted by Gasteiger charge is -2.20. The van der Waals surface area contributed by atoms with Gasteiger partial charge in [0, 0.05) is 11.6 Å². The molecule has 0 unspecified atom stereocenters. The number of fused-ring (bicyclic) bond motifs is 1. The monoisotopic (exact) mass is 332 g/mol. The van der Waals surface area contributed by atoms with Crippen molar-refractivity contribution < 1.29 is 19.1 Å². The minimum atomic E-state index is -0.583. The Balaban J connectivity index is 2.29. The first-order valence-corrected chi connectivity index (χ1v) is 7.80. The number of anilines is 1. The van der Waals surface area contributed by atoms with E-state index in [1.54, 1.807) is 51.2 Å². The third-order valence-electron chi connectivity index (χ3n) is 2.96. The van der Waals surface area contributed by atoms with Crippen molar-refractivity contribution in [2.24, 2.45) is 0 Å². The van der Waals surface area contributed by atoms with Gasteiger partial charge in [-0.15, -0.1) is 0 Å². The van der Waals surface area contributed by atoms with Crippen LogP contribution in [0.1, 0.15) is 41.5 Å². The van der Waals surface area contributed by atoms with Gasteiger partial charge in [-0.25, -0.2) is 9.59 Å². The standard InChI is InChI=1S/C18H24N2O4/c1-17(2,3)23-15(21)19-13-8-7-9-14-12(13)10-11-20(14)16(22)24-18(4,5)6/h7-11H,1-6H3,(H,19,21). The Hall–Kier alpha value is -2.50. The van der Waals surface area contributed by atoms with E-state index in [0.717, 1.165) is 5.39 Å². The smallest absolute Gasteiger partial charge is 0.418 e.